The first kappa shape index (κ1) is 14.5. The molecule has 0 saturated heterocycles. The molecule has 100 valence electrons. The van der Waals surface area contributed by atoms with E-state index in [9.17, 15) is 4.79 Å². The van der Waals surface area contributed by atoms with Crippen LogP contribution in [-0.2, 0) is 9.53 Å². The van der Waals surface area contributed by atoms with E-state index in [0.717, 1.165) is 18.5 Å². The topological polar surface area (TPSA) is 55.6 Å². The zero-order valence-electron chi connectivity index (χ0n) is 11.3. The number of nitrogens with two attached hydrogens (primary N) is 1. The third-order valence-corrected chi connectivity index (χ3v) is 2.84. The number of carbonyl (C=O) groups excluding carboxylic acids is 1. The molecule has 1 amide bonds. The molecule has 0 aliphatic heterocycles. The first-order valence-corrected chi connectivity index (χ1v) is 6.28. The average Bonchev–Trinajstić information content (AvgIpc) is 2.36. The number of ether oxygens (including phenoxy) is 1. The second-order valence-corrected chi connectivity index (χ2v) is 4.45. The van der Waals surface area contributed by atoms with E-state index < -0.39 is 0 Å². The highest BCUT2D eigenvalue weighted by atomic mass is 16.5. The Kier molecular flexibility index (Phi) is 5.65. The highest BCUT2D eigenvalue weighted by Gasteiger charge is 2.12. The number of nitrogen functional groups attached to an aromatic ring is 1. The smallest absolute Gasteiger partial charge is 0.252 e. The van der Waals surface area contributed by atoms with E-state index >= 15 is 0 Å². The summed E-state index contributed by atoms with van der Waals surface area (Å²) in [7, 11) is 1.74. The monoisotopic (exact) mass is 250 g/mol. The Morgan fingerprint density at radius 1 is 1.39 bits per heavy atom. The van der Waals surface area contributed by atoms with Crippen LogP contribution in [0, 0.1) is 0 Å². The predicted octanol–water partition coefficient (Wildman–Crippen LogP) is 2.44. The van der Waals surface area contributed by atoms with Crippen LogP contribution >= 0.6 is 0 Å². The van der Waals surface area contributed by atoms with E-state index in [4.69, 9.17) is 10.5 Å². The average molecular weight is 250 g/mol. The molecule has 2 N–H and O–H groups in total. The van der Waals surface area contributed by atoms with Crippen LogP contribution in [-0.4, -0.2) is 25.7 Å². The first-order valence-electron chi connectivity index (χ1n) is 6.28. The molecule has 0 fully saturated rings. The zero-order chi connectivity index (χ0) is 13.5. The molecule has 1 rings (SSSR count). The number of nitrogens with zero attached hydrogens (tertiary/aromatic N) is 1. The fourth-order valence-corrected chi connectivity index (χ4v) is 1.64. The van der Waals surface area contributed by atoms with Gasteiger partial charge in [-0.15, -0.1) is 0 Å². The van der Waals surface area contributed by atoms with Gasteiger partial charge in [0.2, 0.25) is 0 Å². The van der Waals surface area contributed by atoms with E-state index in [0.29, 0.717) is 5.69 Å². The summed E-state index contributed by atoms with van der Waals surface area (Å²) >= 11 is 0. The van der Waals surface area contributed by atoms with Gasteiger partial charge < -0.3 is 15.4 Å². The maximum absolute atomic E-state index is 11.9. The SMILES string of the molecule is CCCC(C)OCC(=O)N(C)c1ccc(N)cc1. The van der Waals surface area contributed by atoms with E-state index in [1.54, 1.807) is 24.1 Å². The maximum Gasteiger partial charge on any atom is 0.252 e. The number of rotatable bonds is 6. The summed E-state index contributed by atoms with van der Waals surface area (Å²) < 4.78 is 5.49. The number of amides is 1. The number of hydrogen-bond donors (Lipinski definition) is 1. The Hall–Kier alpha value is -1.55. The Morgan fingerprint density at radius 3 is 2.56 bits per heavy atom. The van der Waals surface area contributed by atoms with Gasteiger partial charge in [0.15, 0.2) is 0 Å². The third kappa shape index (κ3) is 4.37. The molecule has 0 bridgehead atoms. The van der Waals surface area contributed by atoms with Crippen LogP contribution in [0.3, 0.4) is 0 Å². The molecule has 0 aromatic heterocycles. The minimum absolute atomic E-state index is 0.0530. The lowest BCUT2D eigenvalue weighted by Gasteiger charge is -2.19. The van der Waals surface area contributed by atoms with Crippen molar-refractivity contribution in [1.82, 2.24) is 0 Å². The molecule has 4 heteroatoms. The number of anilines is 2. The Morgan fingerprint density at radius 2 is 2.00 bits per heavy atom. The van der Waals surface area contributed by atoms with Crippen molar-refractivity contribution in [2.45, 2.75) is 32.8 Å². The largest absolute Gasteiger partial charge is 0.399 e. The Labute approximate surface area is 109 Å². The van der Waals surface area contributed by atoms with Crippen LogP contribution < -0.4 is 10.6 Å². The van der Waals surface area contributed by atoms with E-state index in [1.165, 1.54) is 0 Å². The van der Waals surface area contributed by atoms with Crippen molar-refractivity contribution in [1.29, 1.82) is 0 Å². The number of carbonyl (C=O) groups is 1. The lowest BCUT2D eigenvalue weighted by atomic mass is 10.2. The molecule has 0 heterocycles. The van der Waals surface area contributed by atoms with Crippen molar-refractivity contribution in [3.05, 3.63) is 24.3 Å². The van der Waals surface area contributed by atoms with Crippen LogP contribution in [0.4, 0.5) is 11.4 Å². The van der Waals surface area contributed by atoms with Gasteiger partial charge in [-0.05, 0) is 37.6 Å². The van der Waals surface area contributed by atoms with Gasteiger partial charge in [-0.2, -0.15) is 0 Å². The van der Waals surface area contributed by atoms with Crippen LogP contribution in [0.25, 0.3) is 0 Å². The van der Waals surface area contributed by atoms with Crippen molar-refractivity contribution < 1.29 is 9.53 Å². The summed E-state index contributed by atoms with van der Waals surface area (Å²) in [4.78, 5) is 13.5. The van der Waals surface area contributed by atoms with E-state index in [-0.39, 0.29) is 18.6 Å². The van der Waals surface area contributed by atoms with Crippen LogP contribution in [0.1, 0.15) is 26.7 Å². The van der Waals surface area contributed by atoms with Gasteiger partial charge in [0.1, 0.15) is 6.61 Å². The lowest BCUT2D eigenvalue weighted by Crippen LogP contribution is -2.31. The highest BCUT2D eigenvalue weighted by Crippen LogP contribution is 2.15. The summed E-state index contributed by atoms with van der Waals surface area (Å²) in [5.74, 6) is -0.0530. The van der Waals surface area contributed by atoms with Crippen LogP contribution in [0.5, 0.6) is 0 Å². The molecule has 0 aliphatic carbocycles. The Bertz CT molecular complexity index is 376. The zero-order valence-corrected chi connectivity index (χ0v) is 11.3. The van der Waals surface area contributed by atoms with E-state index in [2.05, 4.69) is 6.92 Å². The van der Waals surface area contributed by atoms with Gasteiger partial charge in [0.25, 0.3) is 5.91 Å². The highest BCUT2D eigenvalue weighted by molar-refractivity contribution is 5.93. The molecule has 0 aliphatic rings. The summed E-state index contributed by atoms with van der Waals surface area (Å²) in [6.07, 6.45) is 2.15. The second kappa shape index (κ2) is 7.01. The third-order valence-electron chi connectivity index (χ3n) is 2.84. The number of likely N-dealkylation sites (N-methyl/N-ethyl adjacent to an activating group) is 1. The van der Waals surface area contributed by atoms with Gasteiger partial charge in [-0.3, -0.25) is 4.79 Å². The fourth-order valence-electron chi connectivity index (χ4n) is 1.64. The summed E-state index contributed by atoms with van der Waals surface area (Å²) in [5.41, 5.74) is 7.11. The van der Waals surface area contributed by atoms with Crippen molar-refractivity contribution >= 4 is 17.3 Å². The molecule has 0 radical (unpaired) electrons. The van der Waals surface area contributed by atoms with Crippen molar-refractivity contribution in [2.75, 3.05) is 24.3 Å². The van der Waals surface area contributed by atoms with Crippen molar-refractivity contribution in [3.8, 4) is 0 Å². The molecule has 1 unspecified atom stereocenters. The van der Waals surface area contributed by atoms with Gasteiger partial charge in [0, 0.05) is 18.4 Å². The van der Waals surface area contributed by atoms with Crippen molar-refractivity contribution in [2.24, 2.45) is 0 Å². The maximum atomic E-state index is 11.9. The molecule has 0 saturated carbocycles. The number of hydrogen-bond acceptors (Lipinski definition) is 3. The van der Waals surface area contributed by atoms with Gasteiger partial charge >= 0.3 is 0 Å². The summed E-state index contributed by atoms with van der Waals surface area (Å²) in [6, 6.07) is 7.20. The second-order valence-electron chi connectivity index (χ2n) is 4.45. The minimum Gasteiger partial charge on any atom is -0.399 e. The summed E-state index contributed by atoms with van der Waals surface area (Å²) in [5, 5.41) is 0. The van der Waals surface area contributed by atoms with Gasteiger partial charge in [0.05, 0.1) is 6.10 Å². The first-order chi connectivity index (χ1) is 8.54. The fraction of sp³-hybridized carbons (Fsp3) is 0.500. The van der Waals surface area contributed by atoms with Gasteiger partial charge in [-0.25, -0.2) is 0 Å². The quantitative estimate of drug-likeness (QED) is 0.789. The number of benzene rings is 1. The molecule has 1 aromatic carbocycles. The lowest BCUT2D eigenvalue weighted by molar-refractivity contribution is -0.124. The van der Waals surface area contributed by atoms with Crippen molar-refractivity contribution in [3.63, 3.8) is 0 Å². The molecule has 1 aromatic rings. The molecule has 1 atom stereocenters. The molecular formula is C14H22N2O2. The predicted molar refractivity (Wildman–Crippen MR) is 74.6 cm³/mol. The van der Waals surface area contributed by atoms with E-state index in [1.807, 2.05) is 19.1 Å². The Balaban J connectivity index is 2.48. The molecule has 18 heavy (non-hydrogen) atoms. The minimum atomic E-state index is -0.0530. The molecule has 4 nitrogen and oxygen atoms in total. The van der Waals surface area contributed by atoms with Crippen LogP contribution in [0.15, 0.2) is 24.3 Å². The van der Waals surface area contributed by atoms with Gasteiger partial charge in [-0.1, -0.05) is 13.3 Å². The van der Waals surface area contributed by atoms with Crippen LogP contribution in [0.2, 0.25) is 0 Å². The standard InChI is InChI=1S/C14H22N2O2/c1-4-5-11(2)18-10-14(17)16(3)13-8-6-12(15)7-9-13/h6-9,11H,4-5,10,15H2,1-3H3. The molecule has 0 spiro atoms. The summed E-state index contributed by atoms with van der Waals surface area (Å²) in [6.45, 7) is 4.20. The normalized spacial score (nSPS) is 12.2. The molecular weight excluding hydrogens is 228 g/mol.